The Labute approximate surface area is 186 Å². The summed E-state index contributed by atoms with van der Waals surface area (Å²) < 4.78 is 5.89. The maximum absolute atomic E-state index is 12.9. The Balaban J connectivity index is 1.63. The fourth-order valence-electron chi connectivity index (χ4n) is 3.33. The van der Waals surface area contributed by atoms with Crippen LogP contribution >= 0.6 is 27.7 Å². The van der Waals surface area contributed by atoms with Gasteiger partial charge in [0.2, 0.25) is 0 Å². The van der Waals surface area contributed by atoms with Crippen LogP contribution in [0.2, 0.25) is 0 Å². The summed E-state index contributed by atoms with van der Waals surface area (Å²) in [6.45, 7) is 2.43. The third kappa shape index (κ3) is 3.95. The lowest BCUT2D eigenvalue weighted by Crippen LogP contribution is -2.27. The summed E-state index contributed by atoms with van der Waals surface area (Å²) in [5, 5.41) is 11.9. The number of imide groups is 1. The number of ether oxygens (including phenoxy) is 1. The van der Waals surface area contributed by atoms with Crippen LogP contribution in [0.4, 0.5) is 4.79 Å². The number of hydrogen-bond acceptors (Lipinski definition) is 5. The van der Waals surface area contributed by atoms with Gasteiger partial charge >= 0.3 is 0 Å². The van der Waals surface area contributed by atoms with Crippen molar-refractivity contribution in [3.63, 3.8) is 0 Å². The van der Waals surface area contributed by atoms with Gasteiger partial charge in [-0.1, -0.05) is 42.5 Å². The number of amides is 2. The molecule has 1 aliphatic rings. The van der Waals surface area contributed by atoms with Crippen LogP contribution in [0.1, 0.15) is 18.1 Å². The molecule has 2 amide bonds. The molecular weight excluding hydrogens is 466 g/mol. The van der Waals surface area contributed by atoms with Crippen LogP contribution in [-0.4, -0.2) is 27.8 Å². The van der Waals surface area contributed by atoms with Gasteiger partial charge < -0.3 is 9.84 Å². The number of carbonyl (C=O) groups is 2. The standard InChI is InChI=1S/C23H18BrNO4S/c1-2-29-19-11-14(10-18(24)21(19)26)12-20-22(27)25(23(28)30-20)13-16-8-5-7-15-6-3-4-9-17(15)16/h3-12,26H,2,13H2,1H3/b20-12+. The average Bonchev–Trinajstić information content (AvgIpc) is 2.99. The number of benzene rings is 3. The zero-order valence-corrected chi connectivity index (χ0v) is 18.5. The van der Waals surface area contributed by atoms with Crippen LogP contribution in [-0.2, 0) is 11.3 Å². The van der Waals surface area contributed by atoms with Gasteiger partial charge in [0.05, 0.1) is 22.5 Å². The Morgan fingerprint density at radius 2 is 1.90 bits per heavy atom. The number of carbonyl (C=O) groups excluding carboxylic acids is 2. The predicted octanol–water partition coefficient (Wildman–Crippen LogP) is 5.94. The number of fused-ring (bicyclic) bond motifs is 1. The van der Waals surface area contributed by atoms with Crippen LogP contribution in [0.25, 0.3) is 16.8 Å². The molecular formula is C23H18BrNO4S. The first-order valence-electron chi connectivity index (χ1n) is 9.35. The number of hydrogen-bond donors (Lipinski definition) is 1. The highest BCUT2D eigenvalue weighted by Crippen LogP contribution is 2.38. The van der Waals surface area contributed by atoms with E-state index in [1.54, 1.807) is 18.2 Å². The van der Waals surface area contributed by atoms with Crippen molar-refractivity contribution in [1.82, 2.24) is 4.90 Å². The van der Waals surface area contributed by atoms with E-state index in [1.165, 1.54) is 4.90 Å². The van der Waals surface area contributed by atoms with Crippen molar-refractivity contribution in [2.45, 2.75) is 13.5 Å². The van der Waals surface area contributed by atoms with Crippen LogP contribution < -0.4 is 4.74 Å². The molecule has 0 aromatic heterocycles. The third-order valence-corrected chi connectivity index (χ3v) is 6.24. The first kappa shape index (κ1) is 20.5. The number of phenols is 1. The Kier molecular flexibility index (Phi) is 5.83. The fraction of sp³-hybridized carbons (Fsp3) is 0.130. The molecule has 0 spiro atoms. The molecule has 0 radical (unpaired) electrons. The van der Waals surface area contributed by atoms with Crippen molar-refractivity contribution < 1.29 is 19.4 Å². The van der Waals surface area contributed by atoms with Crippen LogP contribution in [0.5, 0.6) is 11.5 Å². The van der Waals surface area contributed by atoms with E-state index in [0.29, 0.717) is 27.3 Å². The van der Waals surface area contributed by atoms with Gasteiger partial charge in [0, 0.05) is 0 Å². The molecule has 4 rings (SSSR count). The zero-order valence-electron chi connectivity index (χ0n) is 16.1. The Hall–Kier alpha value is -2.77. The molecule has 1 fully saturated rings. The summed E-state index contributed by atoms with van der Waals surface area (Å²) in [5.41, 5.74) is 1.57. The summed E-state index contributed by atoms with van der Waals surface area (Å²) in [6, 6.07) is 17.1. The summed E-state index contributed by atoms with van der Waals surface area (Å²) in [5.74, 6) is -0.0220. The lowest BCUT2D eigenvalue weighted by molar-refractivity contribution is -0.123. The first-order valence-corrected chi connectivity index (χ1v) is 11.0. The van der Waals surface area contributed by atoms with Crippen molar-refractivity contribution in [1.29, 1.82) is 0 Å². The Morgan fingerprint density at radius 1 is 1.13 bits per heavy atom. The van der Waals surface area contributed by atoms with Crippen molar-refractivity contribution in [3.05, 3.63) is 75.1 Å². The second kappa shape index (κ2) is 8.53. The highest BCUT2D eigenvalue weighted by Gasteiger charge is 2.35. The molecule has 0 atom stereocenters. The number of nitrogens with zero attached hydrogens (tertiary/aromatic N) is 1. The van der Waals surface area contributed by atoms with E-state index >= 15 is 0 Å². The van der Waals surface area contributed by atoms with Crippen molar-refractivity contribution in [3.8, 4) is 11.5 Å². The molecule has 1 saturated heterocycles. The molecule has 30 heavy (non-hydrogen) atoms. The maximum Gasteiger partial charge on any atom is 0.293 e. The SMILES string of the molecule is CCOc1cc(/C=C2/SC(=O)N(Cc3cccc4ccccc34)C2=O)cc(Br)c1O. The molecule has 152 valence electrons. The van der Waals surface area contributed by atoms with Crippen LogP contribution in [0.3, 0.4) is 0 Å². The van der Waals surface area contributed by atoms with Gasteiger partial charge in [-0.15, -0.1) is 0 Å². The Morgan fingerprint density at radius 3 is 2.70 bits per heavy atom. The van der Waals surface area contributed by atoms with Gasteiger partial charge in [0.15, 0.2) is 11.5 Å². The second-order valence-electron chi connectivity index (χ2n) is 6.69. The minimum absolute atomic E-state index is 0.00180. The van der Waals surface area contributed by atoms with E-state index in [4.69, 9.17) is 4.74 Å². The third-order valence-electron chi connectivity index (χ3n) is 4.73. The van der Waals surface area contributed by atoms with Crippen molar-refractivity contribution in [2.75, 3.05) is 6.61 Å². The lowest BCUT2D eigenvalue weighted by atomic mass is 10.0. The molecule has 5 nitrogen and oxygen atoms in total. The fourth-order valence-corrected chi connectivity index (χ4v) is 4.63. The number of aromatic hydroxyl groups is 1. The molecule has 0 unspecified atom stereocenters. The van der Waals surface area contributed by atoms with E-state index in [-0.39, 0.29) is 23.4 Å². The van der Waals surface area contributed by atoms with Gasteiger partial charge in [-0.25, -0.2) is 0 Å². The average molecular weight is 484 g/mol. The van der Waals surface area contributed by atoms with Gasteiger partial charge in [-0.05, 0) is 74.7 Å². The van der Waals surface area contributed by atoms with Gasteiger partial charge in [-0.2, -0.15) is 0 Å². The van der Waals surface area contributed by atoms with Crippen LogP contribution in [0, 0.1) is 0 Å². The number of phenolic OH excluding ortho intramolecular Hbond substituents is 1. The molecule has 0 bridgehead atoms. The van der Waals surface area contributed by atoms with Crippen molar-refractivity contribution in [2.24, 2.45) is 0 Å². The molecule has 1 N–H and O–H groups in total. The van der Waals surface area contributed by atoms with E-state index in [0.717, 1.165) is 28.1 Å². The van der Waals surface area contributed by atoms with E-state index < -0.39 is 0 Å². The molecule has 1 heterocycles. The maximum atomic E-state index is 12.9. The van der Waals surface area contributed by atoms with Crippen molar-refractivity contribution >= 4 is 55.7 Å². The summed E-state index contributed by atoms with van der Waals surface area (Å²) in [7, 11) is 0. The summed E-state index contributed by atoms with van der Waals surface area (Å²) in [6.07, 6.45) is 1.64. The molecule has 7 heteroatoms. The van der Waals surface area contributed by atoms with Gasteiger partial charge in [0.1, 0.15) is 0 Å². The number of rotatable bonds is 5. The molecule has 0 saturated carbocycles. The summed E-state index contributed by atoms with van der Waals surface area (Å²) in [4.78, 5) is 27.1. The highest BCUT2D eigenvalue weighted by atomic mass is 79.9. The first-order chi connectivity index (χ1) is 14.5. The zero-order chi connectivity index (χ0) is 21.3. The van der Waals surface area contributed by atoms with E-state index in [9.17, 15) is 14.7 Å². The molecule has 3 aromatic rings. The van der Waals surface area contributed by atoms with Gasteiger partial charge in [0.25, 0.3) is 11.1 Å². The lowest BCUT2D eigenvalue weighted by Gasteiger charge is -2.14. The monoisotopic (exact) mass is 483 g/mol. The minimum Gasteiger partial charge on any atom is -0.503 e. The quantitative estimate of drug-likeness (QED) is 0.454. The topological polar surface area (TPSA) is 66.8 Å². The largest absolute Gasteiger partial charge is 0.503 e. The highest BCUT2D eigenvalue weighted by molar-refractivity contribution is 9.10. The van der Waals surface area contributed by atoms with E-state index in [1.807, 2.05) is 49.4 Å². The molecule has 0 aliphatic carbocycles. The molecule has 1 aliphatic heterocycles. The predicted molar refractivity (Wildman–Crippen MR) is 122 cm³/mol. The number of thioether (sulfide) groups is 1. The normalized spacial score (nSPS) is 15.4. The smallest absolute Gasteiger partial charge is 0.293 e. The Bertz CT molecular complexity index is 1190. The molecule has 3 aromatic carbocycles. The van der Waals surface area contributed by atoms with E-state index in [2.05, 4.69) is 15.9 Å². The second-order valence-corrected chi connectivity index (χ2v) is 8.54. The number of halogens is 1. The van der Waals surface area contributed by atoms with Gasteiger partial charge in [-0.3, -0.25) is 14.5 Å². The van der Waals surface area contributed by atoms with Crippen LogP contribution in [0.15, 0.2) is 64.0 Å². The summed E-state index contributed by atoms with van der Waals surface area (Å²) >= 11 is 4.20. The minimum atomic E-state index is -0.333.